The summed E-state index contributed by atoms with van der Waals surface area (Å²) in [5.74, 6) is 0.719. The maximum Gasteiger partial charge on any atom is 0.260 e. The van der Waals surface area contributed by atoms with E-state index in [1.54, 1.807) is 12.0 Å². The number of aromatic nitrogens is 1. The maximum atomic E-state index is 13.3. The first-order valence-corrected chi connectivity index (χ1v) is 9.78. The number of methoxy groups -OCH3 is 1. The van der Waals surface area contributed by atoms with Crippen LogP contribution in [0.4, 0.5) is 5.13 Å². The molecule has 27 heavy (non-hydrogen) atoms. The molecule has 1 amide bonds. The summed E-state index contributed by atoms with van der Waals surface area (Å²) in [6.07, 6.45) is 0.873. The number of anilines is 1. The first kappa shape index (κ1) is 19.3. The monoisotopic (exact) mass is 383 g/mol. The standard InChI is InChI=1S/C21H25N3O2S/c1-15-9-5-6-10-16(15)20(25)24(14-8-13-23(2)3)21-22-19-17(26-4)11-7-12-18(19)27-21/h5-7,9-12H,8,13-14H2,1-4H3. The van der Waals surface area contributed by atoms with E-state index in [1.165, 1.54) is 11.3 Å². The van der Waals surface area contributed by atoms with Crippen molar-refractivity contribution in [3.63, 3.8) is 0 Å². The van der Waals surface area contributed by atoms with Crippen LogP contribution < -0.4 is 9.64 Å². The SMILES string of the molecule is COc1cccc2sc(N(CCCN(C)C)C(=O)c3ccccc3C)nc12. The summed E-state index contributed by atoms with van der Waals surface area (Å²) < 4.78 is 6.44. The highest BCUT2D eigenvalue weighted by molar-refractivity contribution is 7.22. The second-order valence-electron chi connectivity index (χ2n) is 6.73. The van der Waals surface area contributed by atoms with Crippen LogP contribution in [0.15, 0.2) is 42.5 Å². The van der Waals surface area contributed by atoms with Crippen LogP contribution in [-0.2, 0) is 0 Å². The minimum atomic E-state index is -0.00937. The third-order valence-corrected chi connectivity index (χ3v) is 5.47. The molecule has 0 fully saturated rings. The van der Waals surface area contributed by atoms with E-state index in [0.717, 1.165) is 34.5 Å². The van der Waals surface area contributed by atoms with E-state index in [0.29, 0.717) is 17.2 Å². The summed E-state index contributed by atoms with van der Waals surface area (Å²) in [5.41, 5.74) is 2.49. The van der Waals surface area contributed by atoms with Crippen molar-refractivity contribution in [2.45, 2.75) is 13.3 Å². The zero-order chi connectivity index (χ0) is 19.4. The summed E-state index contributed by atoms with van der Waals surface area (Å²) in [7, 11) is 5.72. The second-order valence-corrected chi connectivity index (χ2v) is 7.74. The van der Waals surface area contributed by atoms with Gasteiger partial charge in [0.25, 0.3) is 5.91 Å². The fourth-order valence-corrected chi connectivity index (χ4v) is 3.99. The quantitative estimate of drug-likeness (QED) is 0.613. The third kappa shape index (κ3) is 4.28. The molecule has 0 saturated heterocycles. The number of carbonyl (C=O) groups is 1. The Bertz CT molecular complexity index is 936. The highest BCUT2D eigenvalue weighted by Crippen LogP contribution is 2.34. The lowest BCUT2D eigenvalue weighted by molar-refractivity contribution is 0.0985. The first-order chi connectivity index (χ1) is 13.0. The van der Waals surface area contributed by atoms with Crippen molar-refractivity contribution in [3.05, 3.63) is 53.6 Å². The van der Waals surface area contributed by atoms with Gasteiger partial charge in [-0.15, -0.1) is 0 Å². The van der Waals surface area contributed by atoms with E-state index in [2.05, 4.69) is 4.90 Å². The lowest BCUT2D eigenvalue weighted by atomic mass is 10.1. The minimum Gasteiger partial charge on any atom is -0.494 e. The molecule has 1 heterocycles. The molecule has 0 spiro atoms. The Hall–Kier alpha value is -2.44. The summed E-state index contributed by atoms with van der Waals surface area (Å²) in [5, 5.41) is 0.710. The van der Waals surface area contributed by atoms with Crippen LogP contribution in [0.1, 0.15) is 22.3 Å². The van der Waals surface area contributed by atoms with Crippen LogP contribution in [0.3, 0.4) is 0 Å². The number of benzene rings is 2. The maximum absolute atomic E-state index is 13.3. The third-order valence-electron chi connectivity index (χ3n) is 4.43. The normalized spacial score (nSPS) is 11.1. The number of carbonyl (C=O) groups excluding carboxylic acids is 1. The smallest absolute Gasteiger partial charge is 0.260 e. The summed E-state index contributed by atoms with van der Waals surface area (Å²) >= 11 is 1.52. The molecular weight excluding hydrogens is 358 g/mol. The number of aryl methyl sites for hydroxylation is 1. The van der Waals surface area contributed by atoms with Crippen LogP contribution in [0.25, 0.3) is 10.2 Å². The van der Waals surface area contributed by atoms with Crippen LogP contribution in [0.2, 0.25) is 0 Å². The van der Waals surface area contributed by atoms with Crippen molar-refractivity contribution in [2.24, 2.45) is 0 Å². The number of para-hydroxylation sites is 1. The fourth-order valence-electron chi connectivity index (χ4n) is 2.98. The van der Waals surface area contributed by atoms with Crippen molar-refractivity contribution in [2.75, 3.05) is 39.2 Å². The van der Waals surface area contributed by atoms with Crippen molar-refractivity contribution < 1.29 is 9.53 Å². The van der Waals surface area contributed by atoms with Gasteiger partial charge in [0.1, 0.15) is 11.3 Å². The molecule has 0 aliphatic heterocycles. The molecule has 6 heteroatoms. The Morgan fingerprint density at radius 2 is 1.89 bits per heavy atom. The van der Waals surface area contributed by atoms with Crippen molar-refractivity contribution in [1.29, 1.82) is 0 Å². The number of amides is 1. The van der Waals surface area contributed by atoms with Gasteiger partial charge >= 0.3 is 0 Å². The minimum absolute atomic E-state index is 0.00937. The van der Waals surface area contributed by atoms with Gasteiger partial charge in [-0.25, -0.2) is 4.98 Å². The molecular formula is C21H25N3O2S. The average molecular weight is 384 g/mol. The van der Waals surface area contributed by atoms with Gasteiger partial charge in [-0.2, -0.15) is 0 Å². The van der Waals surface area contributed by atoms with E-state index < -0.39 is 0 Å². The molecule has 0 radical (unpaired) electrons. The van der Waals surface area contributed by atoms with E-state index >= 15 is 0 Å². The number of rotatable bonds is 7. The number of hydrogen-bond acceptors (Lipinski definition) is 5. The molecule has 0 N–H and O–H groups in total. The van der Waals surface area contributed by atoms with Gasteiger partial charge in [0, 0.05) is 12.1 Å². The van der Waals surface area contributed by atoms with Crippen LogP contribution in [0.5, 0.6) is 5.75 Å². The highest BCUT2D eigenvalue weighted by Gasteiger charge is 2.23. The van der Waals surface area contributed by atoms with Gasteiger partial charge < -0.3 is 9.64 Å². The molecule has 5 nitrogen and oxygen atoms in total. The molecule has 3 aromatic rings. The van der Waals surface area contributed by atoms with Crippen LogP contribution in [-0.4, -0.2) is 50.1 Å². The number of nitrogens with zero attached hydrogens (tertiary/aromatic N) is 3. The molecule has 2 aromatic carbocycles. The summed E-state index contributed by atoms with van der Waals surface area (Å²) in [6, 6.07) is 13.5. The number of hydrogen-bond donors (Lipinski definition) is 0. The van der Waals surface area contributed by atoms with Gasteiger partial charge in [0.2, 0.25) is 0 Å². The Kier molecular flexibility index (Phi) is 6.08. The van der Waals surface area contributed by atoms with Gasteiger partial charge in [-0.3, -0.25) is 9.69 Å². The number of thiazole rings is 1. The zero-order valence-electron chi connectivity index (χ0n) is 16.2. The summed E-state index contributed by atoms with van der Waals surface area (Å²) in [4.78, 5) is 22.0. The molecule has 3 rings (SSSR count). The van der Waals surface area contributed by atoms with E-state index in [-0.39, 0.29) is 5.91 Å². The lowest BCUT2D eigenvalue weighted by Gasteiger charge is -2.21. The number of ether oxygens (including phenoxy) is 1. The van der Waals surface area contributed by atoms with E-state index in [1.807, 2.05) is 63.5 Å². The number of fused-ring (bicyclic) bond motifs is 1. The van der Waals surface area contributed by atoms with E-state index in [9.17, 15) is 4.79 Å². The van der Waals surface area contributed by atoms with Crippen LogP contribution >= 0.6 is 11.3 Å². The predicted octanol–water partition coefficient (Wildman–Crippen LogP) is 4.21. The average Bonchev–Trinajstić information content (AvgIpc) is 3.08. The van der Waals surface area contributed by atoms with Crippen molar-refractivity contribution >= 4 is 32.6 Å². The topological polar surface area (TPSA) is 45.7 Å². The van der Waals surface area contributed by atoms with Crippen molar-refractivity contribution in [3.8, 4) is 5.75 Å². The van der Waals surface area contributed by atoms with Crippen LogP contribution in [0, 0.1) is 6.92 Å². The Morgan fingerprint density at radius 3 is 2.59 bits per heavy atom. The molecule has 0 bridgehead atoms. The van der Waals surface area contributed by atoms with E-state index in [4.69, 9.17) is 9.72 Å². The van der Waals surface area contributed by atoms with Gasteiger partial charge in [-0.05, 0) is 57.7 Å². The molecule has 1 aromatic heterocycles. The van der Waals surface area contributed by atoms with Gasteiger partial charge in [0.05, 0.1) is 11.8 Å². The molecule has 0 atom stereocenters. The van der Waals surface area contributed by atoms with Gasteiger partial charge in [-0.1, -0.05) is 35.6 Å². The molecule has 142 valence electrons. The first-order valence-electron chi connectivity index (χ1n) is 8.97. The lowest BCUT2D eigenvalue weighted by Crippen LogP contribution is -2.33. The highest BCUT2D eigenvalue weighted by atomic mass is 32.1. The molecule has 0 saturated carbocycles. The predicted molar refractivity (Wildman–Crippen MR) is 112 cm³/mol. The Labute approximate surface area is 164 Å². The molecule has 0 unspecified atom stereocenters. The Morgan fingerprint density at radius 1 is 1.11 bits per heavy atom. The fraction of sp³-hybridized carbons (Fsp3) is 0.333. The largest absolute Gasteiger partial charge is 0.494 e. The Balaban J connectivity index is 1.99. The second kappa shape index (κ2) is 8.50. The molecule has 0 aliphatic carbocycles. The molecule has 0 aliphatic rings. The van der Waals surface area contributed by atoms with Gasteiger partial charge in [0.15, 0.2) is 5.13 Å². The van der Waals surface area contributed by atoms with Crippen molar-refractivity contribution in [1.82, 2.24) is 9.88 Å². The summed E-state index contributed by atoms with van der Waals surface area (Å²) in [6.45, 7) is 3.49. The zero-order valence-corrected chi connectivity index (χ0v) is 17.0.